The van der Waals surface area contributed by atoms with Gasteiger partial charge in [0.25, 0.3) is 0 Å². The number of benzene rings is 1. The maximum Gasteiger partial charge on any atom is 0.237 e. The number of ketones is 2. The largest absolute Gasteiger partial charge is 0.496 e. The predicted octanol–water partition coefficient (Wildman–Crippen LogP) is 2.47. The number of rotatable bonds is 2. The standard InChI is InChI=1S/C17H15ClN2O5/c1-7-4-9-8(6-19-20-9)15(21)17(7)16(22)12-10(23-2)5-11(24-3)13(18)14(12)25-17/h5-7H,4H2,1-3H3,(H,19,20)/t7-,17+/m1/s1. The molecule has 4 rings (SSSR count). The molecule has 2 atom stereocenters. The van der Waals surface area contributed by atoms with Crippen LogP contribution in [-0.4, -0.2) is 41.6 Å². The van der Waals surface area contributed by atoms with E-state index in [1.807, 2.05) is 0 Å². The number of nitrogens with zero attached hydrogens (tertiary/aromatic N) is 1. The van der Waals surface area contributed by atoms with E-state index in [2.05, 4.69) is 10.2 Å². The van der Waals surface area contributed by atoms with Crippen LogP contribution in [0, 0.1) is 5.92 Å². The van der Waals surface area contributed by atoms with Crippen LogP contribution < -0.4 is 14.2 Å². The quantitative estimate of drug-likeness (QED) is 0.825. The lowest BCUT2D eigenvalue weighted by atomic mass is 9.72. The van der Waals surface area contributed by atoms with Gasteiger partial charge in [0.1, 0.15) is 22.1 Å². The van der Waals surface area contributed by atoms with Crippen LogP contribution in [0.1, 0.15) is 33.3 Å². The highest BCUT2D eigenvalue weighted by Crippen LogP contribution is 2.53. The Morgan fingerprint density at radius 2 is 2.00 bits per heavy atom. The van der Waals surface area contributed by atoms with Gasteiger partial charge in [-0.05, 0) is 6.42 Å². The van der Waals surface area contributed by atoms with Crippen LogP contribution in [0.3, 0.4) is 0 Å². The van der Waals surface area contributed by atoms with E-state index in [0.717, 1.165) is 0 Å². The summed E-state index contributed by atoms with van der Waals surface area (Å²) in [5, 5.41) is 6.90. The summed E-state index contributed by atoms with van der Waals surface area (Å²) in [5.74, 6) is -0.600. The second-order valence-corrected chi connectivity index (χ2v) is 6.52. The van der Waals surface area contributed by atoms with Crippen LogP contribution in [0.2, 0.25) is 5.02 Å². The Bertz CT molecular complexity index is 922. The maximum atomic E-state index is 13.3. The molecule has 1 aliphatic heterocycles. The van der Waals surface area contributed by atoms with Crippen molar-refractivity contribution in [1.82, 2.24) is 10.2 Å². The molecule has 0 saturated heterocycles. The number of H-pyrrole nitrogens is 1. The van der Waals surface area contributed by atoms with Gasteiger partial charge in [0.15, 0.2) is 5.75 Å². The molecule has 8 heteroatoms. The van der Waals surface area contributed by atoms with Gasteiger partial charge in [0, 0.05) is 18.2 Å². The molecular weight excluding hydrogens is 348 g/mol. The summed E-state index contributed by atoms with van der Waals surface area (Å²) in [4.78, 5) is 26.4. The van der Waals surface area contributed by atoms with Crippen molar-refractivity contribution in [2.75, 3.05) is 14.2 Å². The van der Waals surface area contributed by atoms with E-state index in [0.29, 0.717) is 23.4 Å². The molecule has 0 unspecified atom stereocenters. The zero-order chi connectivity index (χ0) is 17.9. The van der Waals surface area contributed by atoms with Crippen LogP contribution in [0.25, 0.3) is 0 Å². The number of aromatic nitrogens is 2. The van der Waals surface area contributed by atoms with Gasteiger partial charge in [0.2, 0.25) is 17.2 Å². The highest BCUT2D eigenvalue weighted by Gasteiger charge is 2.62. The minimum atomic E-state index is -1.66. The molecule has 2 heterocycles. The maximum absolute atomic E-state index is 13.3. The summed E-state index contributed by atoms with van der Waals surface area (Å²) in [6.45, 7) is 1.79. The fourth-order valence-electron chi connectivity index (χ4n) is 3.60. The van der Waals surface area contributed by atoms with Gasteiger partial charge >= 0.3 is 0 Å². The van der Waals surface area contributed by atoms with Crippen LogP contribution in [-0.2, 0) is 6.42 Å². The molecule has 2 aromatic rings. The molecule has 7 nitrogen and oxygen atoms in total. The fraction of sp³-hybridized carbons (Fsp3) is 0.353. The summed E-state index contributed by atoms with van der Waals surface area (Å²) in [5.41, 5.74) is -0.504. The van der Waals surface area contributed by atoms with E-state index < -0.39 is 23.1 Å². The monoisotopic (exact) mass is 362 g/mol. The highest BCUT2D eigenvalue weighted by atomic mass is 35.5. The van der Waals surface area contributed by atoms with E-state index in [9.17, 15) is 9.59 Å². The topological polar surface area (TPSA) is 90.5 Å². The summed E-state index contributed by atoms with van der Waals surface area (Å²) in [6, 6.07) is 1.52. The first-order valence-electron chi connectivity index (χ1n) is 7.71. The summed E-state index contributed by atoms with van der Waals surface area (Å²) < 4.78 is 16.5. The van der Waals surface area contributed by atoms with Gasteiger partial charge in [-0.2, -0.15) is 5.10 Å². The van der Waals surface area contributed by atoms with Gasteiger partial charge in [-0.3, -0.25) is 14.7 Å². The SMILES string of the molecule is COc1cc(OC)c2c(c1Cl)O[C@@]1(C(=O)c3c[nH]nc3C[C@H]1C)C2=O. The first-order valence-corrected chi connectivity index (χ1v) is 8.09. The Balaban J connectivity index is 1.94. The lowest BCUT2D eigenvalue weighted by molar-refractivity contribution is 0.0258. The third kappa shape index (κ3) is 1.84. The van der Waals surface area contributed by atoms with Gasteiger partial charge < -0.3 is 14.2 Å². The van der Waals surface area contributed by atoms with Crippen molar-refractivity contribution in [3.63, 3.8) is 0 Å². The van der Waals surface area contributed by atoms with Gasteiger partial charge in [0.05, 0.1) is 25.5 Å². The number of Topliss-reactive ketones (excluding diaryl/α,β-unsaturated/α-hetero) is 2. The average molecular weight is 363 g/mol. The first-order chi connectivity index (χ1) is 12.0. The molecule has 1 spiro atoms. The summed E-state index contributed by atoms with van der Waals surface area (Å²) in [7, 11) is 2.88. The molecule has 0 radical (unpaired) electrons. The lowest BCUT2D eigenvalue weighted by Gasteiger charge is -2.34. The molecule has 0 saturated carbocycles. The van der Waals surface area contributed by atoms with Crippen molar-refractivity contribution in [2.24, 2.45) is 5.92 Å². The number of ether oxygens (including phenoxy) is 3. The second kappa shape index (κ2) is 5.23. The molecule has 1 N–H and O–H groups in total. The van der Waals surface area contributed by atoms with Gasteiger partial charge in [-0.25, -0.2) is 0 Å². The number of fused-ring (bicyclic) bond motifs is 2. The molecule has 0 bridgehead atoms. The molecule has 0 amide bonds. The zero-order valence-corrected chi connectivity index (χ0v) is 14.6. The minimum absolute atomic E-state index is 0.120. The average Bonchev–Trinajstić information content (AvgIpc) is 3.18. The van der Waals surface area contributed by atoms with Crippen molar-refractivity contribution in [2.45, 2.75) is 18.9 Å². The van der Waals surface area contributed by atoms with Crippen LogP contribution >= 0.6 is 11.6 Å². The number of hydrogen-bond acceptors (Lipinski definition) is 6. The third-order valence-corrected chi connectivity index (χ3v) is 5.27. The smallest absolute Gasteiger partial charge is 0.237 e. The number of halogens is 1. The van der Waals surface area contributed by atoms with E-state index in [1.165, 1.54) is 26.5 Å². The summed E-state index contributed by atoms with van der Waals surface area (Å²) in [6.07, 6.45) is 1.92. The Kier molecular flexibility index (Phi) is 3.34. The Morgan fingerprint density at radius 3 is 2.68 bits per heavy atom. The molecule has 1 aromatic carbocycles. The second-order valence-electron chi connectivity index (χ2n) is 6.15. The van der Waals surface area contributed by atoms with E-state index >= 15 is 0 Å². The van der Waals surface area contributed by atoms with Gasteiger partial charge in [-0.1, -0.05) is 18.5 Å². The zero-order valence-electron chi connectivity index (χ0n) is 13.8. The molecule has 2 aliphatic rings. The molecule has 1 aliphatic carbocycles. The number of aromatic amines is 1. The van der Waals surface area contributed by atoms with Crippen molar-refractivity contribution in [3.8, 4) is 17.2 Å². The van der Waals surface area contributed by atoms with Crippen molar-refractivity contribution >= 4 is 23.2 Å². The third-order valence-electron chi connectivity index (χ3n) is 4.91. The molecular formula is C17H15ClN2O5. The van der Waals surface area contributed by atoms with Gasteiger partial charge in [-0.15, -0.1) is 0 Å². The van der Waals surface area contributed by atoms with E-state index in [4.69, 9.17) is 25.8 Å². The number of methoxy groups -OCH3 is 2. The minimum Gasteiger partial charge on any atom is -0.496 e. The number of hydrogen-bond donors (Lipinski definition) is 1. The van der Waals surface area contributed by atoms with E-state index in [1.54, 1.807) is 6.92 Å². The molecule has 0 fully saturated rings. The number of nitrogens with one attached hydrogen (secondary N) is 1. The molecule has 25 heavy (non-hydrogen) atoms. The molecule has 1 aromatic heterocycles. The number of carbonyl (C=O) groups excluding carboxylic acids is 2. The Hall–Kier alpha value is -2.54. The van der Waals surface area contributed by atoms with E-state index in [-0.39, 0.29) is 22.1 Å². The molecule has 130 valence electrons. The fourth-order valence-corrected chi connectivity index (χ4v) is 3.87. The normalized spacial score (nSPS) is 24.1. The van der Waals surface area contributed by atoms with Crippen molar-refractivity contribution in [1.29, 1.82) is 0 Å². The first kappa shape index (κ1) is 16.0. The lowest BCUT2D eigenvalue weighted by Crippen LogP contribution is -2.56. The van der Waals surface area contributed by atoms with Crippen LogP contribution in [0.4, 0.5) is 0 Å². The van der Waals surface area contributed by atoms with Crippen LogP contribution in [0.5, 0.6) is 17.2 Å². The van der Waals surface area contributed by atoms with Crippen molar-refractivity contribution < 1.29 is 23.8 Å². The predicted molar refractivity (Wildman–Crippen MR) is 88.0 cm³/mol. The Labute approximate surface area is 148 Å². The van der Waals surface area contributed by atoms with Crippen LogP contribution in [0.15, 0.2) is 12.3 Å². The highest BCUT2D eigenvalue weighted by molar-refractivity contribution is 6.36. The Morgan fingerprint density at radius 1 is 1.28 bits per heavy atom. The van der Waals surface area contributed by atoms with Crippen molar-refractivity contribution in [3.05, 3.63) is 34.1 Å². The number of carbonyl (C=O) groups is 2. The summed E-state index contributed by atoms with van der Waals surface area (Å²) >= 11 is 6.34.